The number of benzene rings is 1. The number of allylic oxidation sites excluding steroid dienone is 1. The van der Waals surface area contributed by atoms with Crippen LogP contribution < -0.4 is 4.74 Å². The number of aliphatic hydroxyl groups is 1. The highest BCUT2D eigenvalue weighted by atomic mass is 16.7. The lowest BCUT2D eigenvalue weighted by Gasteiger charge is -2.50. The second kappa shape index (κ2) is 7.53. The molecule has 0 radical (unpaired) electrons. The Kier molecular flexibility index (Phi) is 5.03. The number of carboxylic acids is 1. The van der Waals surface area contributed by atoms with E-state index in [4.69, 9.17) is 18.6 Å². The SMILES string of the molecule is COc1ccc(C2(O)CCC(=O)CC2(C(=O)O)C(C2=COCO2)c2ccoc2)cc1. The minimum Gasteiger partial charge on any atom is -0.497 e. The molecular weight excluding hydrogens is 392 g/mol. The van der Waals surface area contributed by atoms with E-state index in [0.29, 0.717) is 16.9 Å². The van der Waals surface area contributed by atoms with Gasteiger partial charge in [0.05, 0.1) is 25.6 Å². The van der Waals surface area contributed by atoms with E-state index in [9.17, 15) is 19.8 Å². The van der Waals surface area contributed by atoms with E-state index in [0.717, 1.165) is 0 Å². The number of carboxylic acid groups (broad SMARTS) is 1. The van der Waals surface area contributed by atoms with Crippen LogP contribution in [0.3, 0.4) is 0 Å². The lowest BCUT2D eigenvalue weighted by molar-refractivity contribution is -0.188. The largest absolute Gasteiger partial charge is 0.497 e. The summed E-state index contributed by atoms with van der Waals surface area (Å²) in [5, 5.41) is 22.5. The summed E-state index contributed by atoms with van der Waals surface area (Å²) < 4.78 is 21.1. The number of carbonyl (C=O) groups is 2. The number of furan rings is 1. The maximum Gasteiger partial charge on any atom is 0.314 e. The molecule has 2 heterocycles. The number of ether oxygens (including phenoxy) is 3. The van der Waals surface area contributed by atoms with Gasteiger partial charge in [0.1, 0.15) is 34.6 Å². The van der Waals surface area contributed by atoms with Crippen molar-refractivity contribution in [2.75, 3.05) is 13.9 Å². The number of methoxy groups -OCH3 is 1. The number of Topliss-reactive ketones (excluding diaryl/α,β-unsaturated/α-hetero) is 1. The average Bonchev–Trinajstić information content (AvgIpc) is 3.46. The van der Waals surface area contributed by atoms with Gasteiger partial charge < -0.3 is 28.8 Å². The first-order valence-corrected chi connectivity index (χ1v) is 9.51. The smallest absolute Gasteiger partial charge is 0.314 e. The number of ketones is 1. The molecule has 1 fully saturated rings. The molecule has 8 heteroatoms. The maximum absolute atomic E-state index is 12.9. The van der Waals surface area contributed by atoms with Crippen LogP contribution in [0, 0.1) is 5.41 Å². The molecule has 0 amide bonds. The molecule has 2 N–H and O–H groups in total. The molecule has 3 atom stereocenters. The van der Waals surface area contributed by atoms with Crippen molar-refractivity contribution in [2.45, 2.75) is 30.8 Å². The van der Waals surface area contributed by atoms with Gasteiger partial charge in [-0.3, -0.25) is 9.59 Å². The molecule has 2 aliphatic rings. The molecule has 1 aliphatic heterocycles. The van der Waals surface area contributed by atoms with E-state index in [-0.39, 0.29) is 37.6 Å². The van der Waals surface area contributed by atoms with Crippen LogP contribution in [0.15, 0.2) is 59.3 Å². The molecule has 1 aliphatic carbocycles. The Labute approximate surface area is 172 Å². The zero-order chi connectivity index (χ0) is 21.4. The van der Waals surface area contributed by atoms with Crippen LogP contribution in [-0.2, 0) is 24.7 Å². The molecule has 30 heavy (non-hydrogen) atoms. The first-order valence-electron chi connectivity index (χ1n) is 9.51. The predicted octanol–water partition coefficient (Wildman–Crippen LogP) is 2.93. The Morgan fingerprint density at radius 1 is 1.23 bits per heavy atom. The van der Waals surface area contributed by atoms with E-state index >= 15 is 0 Å². The number of rotatable bonds is 6. The summed E-state index contributed by atoms with van der Waals surface area (Å²) in [5.41, 5.74) is -2.96. The van der Waals surface area contributed by atoms with E-state index in [1.54, 1.807) is 30.3 Å². The van der Waals surface area contributed by atoms with Crippen LogP contribution in [0.2, 0.25) is 0 Å². The summed E-state index contributed by atoms with van der Waals surface area (Å²) in [6, 6.07) is 8.15. The molecule has 0 saturated heterocycles. The molecule has 158 valence electrons. The third-order valence-corrected chi connectivity index (χ3v) is 6.08. The summed E-state index contributed by atoms with van der Waals surface area (Å²) in [7, 11) is 1.52. The summed E-state index contributed by atoms with van der Waals surface area (Å²) in [4.78, 5) is 25.5. The highest BCUT2D eigenvalue weighted by Gasteiger charge is 2.66. The highest BCUT2D eigenvalue weighted by molar-refractivity contribution is 5.90. The Morgan fingerprint density at radius 2 is 2.00 bits per heavy atom. The van der Waals surface area contributed by atoms with Gasteiger partial charge in [0.2, 0.25) is 6.79 Å². The summed E-state index contributed by atoms with van der Waals surface area (Å²) in [6.07, 6.45) is 3.77. The molecule has 8 nitrogen and oxygen atoms in total. The normalized spacial score (nSPS) is 27.0. The van der Waals surface area contributed by atoms with Gasteiger partial charge in [0.25, 0.3) is 0 Å². The van der Waals surface area contributed by atoms with Gasteiger partial charge in [0, 0.05) is 18.4 Å². The first kappa shape index (κ1) is 20.0. The topological polar surface area (TPSA) is 115 Å². The molecule has 0 bridgehead atoms. The first-order chi connectivity index (χ1) is 14.4. The van der Waals surface area contributed by atoms with E-state index in [2.05, 4.69) is 0 Å². The zero-order valence-electron chi connectivity index (χ0n) is 16.4. The number of aliphatic carboxylic acids is 1. The van der Waals surface area contributed by atoms with E-state index < -0.39 is 22.9 Å². The van der Waals surface area contributed by atoms with Crippen molar-refractivity contribution in [1.82, 2.24) is 0 Å². The van der Waals surface area contributed by atoms with Crippen LogP contribution in [0.25, 0.3) is 0 Å². The van der Waals surface area contributed by atoms with E-state index in [1.807, 2.05) is 0 Å². The molecule has 1 aromatic heterocycles. The van der Waals surface area contributed by atoms with Crippen molar-refractivity contribution < 1.29 is 38.4 Å². The Bertz CT molecular complexity index is 962. The standard InChI is InChI=1S/C22H22O8/c1-27-17-4-2-15(3-5-17)22(26)8-6-16(23)10-21(22,20(24)25)19(14-7-9-28-11-14)18-12-29-13-30-18/h2-5,7,9,11-12,19,26H,6,8,10,13H2,1H3,(H,24,25). The van der Waals surface area contributed by atoms with E-state index in [1.165, 1.54) is 25.9 Å². The Balaban J connectivity index is 1.96. The minimum atomic E-state index is -1.94. The number of hydrogen-bond acceptors (Lipinski definition) is 7. The monoisotopic (exact) mass is 414 g/mol. The molecule has 3 unspecified atom stereocenters. The fourth-order valence-corrected chi connectivity index (χ4v) is 4.61. The van der Waals surface area contributed by atoms with Crippen LogP contribution in [0.1, 0.15) is 36.3 Å². The van der Waals surface area contributed by atoms with Crippen molar-refractivity contribution >= 4 is 11.8 Å². The third-order valence-electron chi connectivity index (χ3n) is 6.08. The quantitative estimate of drug-likeness (QED) is 0.741. The van der Waals surface area contributed by atoms with Gasteiger partial charge in [-0.25, -0.2) is 0 Å². The van der Waals surface area contributed by atoms with Crippen LogP contribution in [0.4, 0.5) is 0 Å². The van der Waals surface area contributed by atoms with Gasteiger partial charge >= 0.3 is 5.97 Å². The fraction of sp³-hybridized carbons (Fsp3) is 0.364. The molecule has 2 aromatic rings. The van der Waals surface area contributed by atoms with Crippen LogP contribution in [0.5, 0.6) is 5.75 Å². The summed E-state index contributed by atoms with van der Waals surface area (Å²) in [5.74, 6) is -1.77. The van der Waals surface area contributed by atoms with Gasteiger partial charge in [-0.15, -0.1) is 0 Å². The maximum atomic E-state index is 12.9. The zero-order valence-corrected chi connectivity index (χ0v) is 16.4. The number of carbonyl (C=O) groups excluding carboxylic acids is 1. The lowest BCUT2D eigenvalue weighted by atomic mass is 9.53. The molecule has 1 aromatic carbocycles. The Hall–Kier alpha value is -3.26. The van der Waals surface area contributed by atoms with Gasteiger partial charge in [-0.2, -0.15) is 0 Å². The molecular formula is C22H22O8. The van der Waals surface area contributed by atoms with Crippen molar-refractivity contribution in [2.24, 2.45) is 5.41 Å². The Morgan fingerprint density at radius 3 is 2.57 bits per heavy atom. The second-order valence-corrected chi connectivity index (χ2v) is 7.52. The second-order valence-electron chi connectivity index (χ2n) is 7.52. The highest BCUT2D eigenvalue weighted by Crippen LogP contribution is 2.59. The average molecular weight is 414 g/mol. The molecule has 0 spiro atoms. The fourth-order valence-electron chi connectivity index (χ4n) is 4.61. The minimum absolute atomic E-state index is 0.0487. The molecule has 1 saturated carbocycles. The number of hydrogen-bond donors (Lipinski definition) is 2. The van der Waals surface area contributed by atoms with Gasteiger partial charge in [-0.1, -0.05) is 12.1 Å². The molecule has 4 rings (SSSR count). The van der Waals surface area contributed by atoms with Crippen molar-refractivity contribution in [3.05, 3.63) is 66.0 Å². The lowest BCUT2D eigenvalue weighted by Crippen LogP contribution is -2.58. The van der Waals surface area contributed by atoms with Crippen LogP contribution in [-0.4, -0.2) is 35.9 Å². The predicted molar refractivity (Wildman–Crippen MR) is 102 cm³/mol. The van der Waals surface area contributed by atoms with Crippen molar-refractivity contribution in [3.8, 4) is 5.75 Å². The van der Waals surface area contributed by atoms with Crippen molar-refractivity contribution in [3.63, 3.8) is 0 Å². The van der Waals surface area contributed by atoms with Gasteiger partial charge in [0.15, 0.2) is 0 Å². The third kappa shape index (κ3) is 2.95. The van der Waals surface area contributed by atoms with Gasteiger partial charge in [-0.05, 0) is 30.2 Å². The summed E-state index contributed by atoms with van der Waals surface area (Å²) >= 11 is 0. The summed E-state index contributed by atoms with van der Waals surface area (Å²) in [6.45, 7) is -0.0751. The van der Waals surface area contributed by atoms with Crippen molar-refractivity contribution in [1.29, 1.82) is 0 Å². The van der Waals surface area contributed by atoms with Crippen LogP contribution >= 0.6 is 0 Å².